The Bertz CT molecular complexity index is 901. The number of benzene rings is 1. The molecule has 31 heavy (non-hydrogen) atoms. The Kier molecular flexibility index (Phi) is 9.41. The van der Waals surface area contributed by atoms with Crippen LogP contribution in [0.5, 0.6) is 11.5 Å². The van der Waals surface area contributed by atoms with Gasteiger partial charge in [0, 0.05) is 39.4 Å². The first-order valence-corrected chi connectivity index (χ1v) is 10.1. The van der Waals surface area contributed by atoms with E-state index in [2.05, 4.69) is 10.4 Å². The van der Waals surface area contributed by atoms with Gasteiger partial charge in [-0.05, 0) is 31.0 Å². The van der Waals surface area contributed by atoms with Crippen molar-refractivity contribution in [3.05, 3.63) is 36.2 Å². The van der Waals surface area contributed by atoms with Crippen molar-refractivity contribution < 1.29 is 14.3 Å². The molecule has 0 bridgehead atoms. The van der Waals surface area contributed by atoms with E-state index in [1.165, 1.54) is 0 Å². The van der Waals surface area contributed by atoms with Crippen molar-refractivity contribution in [3.8, 4) is 11.5 Å². The van der Waals surface area contributed by atoms with Gasteiger partial charge in [0.25, 0.3) is 0 Å². The third-order valence-electron chi connectivity index (χ3n) is 4.97. The molecule has 2 aromatic rings. The number of hydrogen-bond donors (Lipinski definition) is 1. The summed E-state index contributed by atoms with van der Waals surface area (Å²) in [5.41, 5.74) is 1.95. The Morgan fingerprint density at radius 2 is 2.00 bits per heavy atom. The molecule has 1 aromatic carbocycles. The summed E-state index contributed by atoms with van der Waals surface area (Å²) in [6, 6.07) is 5.89. The van der Waals surface area contributed by atoms with Crippen LogP contribution in [0.4, 0.5) is 5.69 Å². The van der Waals surface area contributed by atoms with E-state index in [1.807, 2.05) is 43.3 Å². The SMILES string of the molecule is CCNC(=NCCc1ccc(OC)c(OC)c1)N1CCN(c2cnn(C)c2)C(=O)C1.I. The van der Waals surface area contributed by atoms with Crippen molar-refractivity contribution in [2.45, 2.75) is 13.3 Å². The van der Waals surface area contributed by atoms with E-state index < -0.39 is 0 Å². The Hall–Kier alpha value is -2.50. The van der Waals surface area contributed by atoms with Crippen molar-refractivity contribution in [2.75, 3.05) is 51.8 Å². The lowest BCUT2D eigenvalue weighted by atomic mass is 10.1. The van der Waals surface area contributed by atoms with Crippen LogP contribution >= 0.6 is 24.0 Å². The van der Waals surface area contributed by atoms with Gasteiger partial charge in [-0.25, -0.2) is 0 Å². The summed E-state index contributed by atoms with van der Waals surface area (Å²) in [7, 11) is 5.10. The van der Waals surface area contributed by atoms with Gasteiger partial charge in [-0.2, -0.15) is 5.10 Å². The number of rotatable bonds is 7. The van der Waals surface area contributed by atoms with Crippen molar-refractivity contribution in [3.63, 3.8) is 0 Å². The Morgan fingerprint density at radius 1 is 1.23 bits per heavy atom. The number of amides is 1. The number of methoxy groups -OCH3 is 2. The van der Waals surface area contributed by atoms with Crippen LogP contribution in [0.25, 0.3) is 0 Å². The van der Waals surface area contributed by atoms with Gasteiger partial charge in [-0.15, -0.1) is 24.0 Å². The smallest absolute Gasteiger partial charge is 0.246 e. The molecule has 2 heterocycles. The zero-order chi connectivity index (χ0) is 21.5. The van der Waals surface area contributed by atoms with Crippen LogP contribution < -0.4 is 19.7 Å². The van der Waals surface area contributed by atoms with E-state index in [9.17, 15) is 4.79 Å². The van der Waals surface area contributed by atoms with Gasteiger partial charge in [0.2, 0.25) is 5.91 Å². The van der Waals surface area contributed by atoms with Crippen LogP contribution in [0.2, 0.25) is 0 Å². The fourth-order valence-corrected chi connectivity index (χ4v) is 3.43. The molecule has 1 aromatic heterocycles. The van der Waals surface area contributed by atoms with E-state index in [1.54, 1.807) is 30.0 Å². The van der Waals surface area contributed by atoms with Gasteiger partial charge >= 0.3 is 0 Å². The van der Waals surface area contributed by atoms with Crippen molar-refractivity contribution in [2.24, 2.45) is 12.0 Å². The monoisotopic (exact) mass is 542 g/mol. The zero-order valence-electron chi connectivity index (χ0n) is 18.5. The molecule has 1 aliphatic heterocycles. The molecule has 1 fully saturated rings. The van der Waals surface area contributed by atoms with Crippen LogP contribution in [-0.2, 0) is 18.3 Å². The quantitative estimate of drug-likeness (QED) is 0.327. The summed E-state index contributed by atoms with van der Waals surface area (Å²) in [6.07, 6.45) is 4.34. The lowest BCUT2D eigenvalue weighted by Crippen LogP contribution is -2.55. The van der Waals surface area contributed by atoms with Gasteiger partial charge in [0.1, 0.15) is 6.54 Å². The molecule has 3 rings (SSSR count). The Morgan fingerprint density at radius 3 is 2.61 bits per heavy atom. The second kappa shape index (κ2) is 11.8. The number of guanidine groups is 1. The maximum atomic E-state index is 12.7. The highest BCUT2D eigenvalue weighted by Crippen LogP contribution is 2.27. The molecule has 1 saturated heterocycles. The molecule has 9 nitrogen and oxygen atoms in total. The van der Waals surface area contributed by atoms with Gasteiger partial charge < -0.3 is 24.6 Å². The summed E-state index contributed by atoms with van der Waals surface area (Å²) in [6.45, 7) is 4.98. The number of halogens is 1. The highest BCUT2D eigenvalue weighted by Gasteiger charge is 2.27. The molecule has 0 aliphatic carbocycles. The van der Waals surface area contributed by atoms with Gasteiger partial charge in [-0.1, -0.05) is 6.07 Å². The lowest BCUT2D eigenvalue weighted by Gasteiger charge is -2.35. The second-order valence-electron chi connectivity index (χ2n) is 7.01. The number of nitrogens with one attached hydrogen (secondary N) is 1. The van der Waals surface area contributed by atoms with Crippen LogP contribution in [0.1, 0.15) is 12.5 Å². The summed E-state index contributed by atoms with van der Waals surface area (Å²) in [5.74, 6) is 2.23. The average molecular weight is 542 g/mol. The van der Waals surface area contributed by atoms with Crippen molar-refractivity contribution in [1.29, 1.82) is 0 Å². The molecule has 170 valence electrons. The molecule has 1 aliphatic rings. The number of hydrogen-bond acceptors (Lipinski definition) is 5. The molecule has 10 heteroatoms. The first-order valence-electron chi connectivity index (χ1n) is 10.1. The minimum atomic E-state index is 0. The largest absolute Gasteiger partial charge is 0.493 e. The number of carbonyl (C=O) groups excluding carboxylic acids is 1. The minimum Gasteiger partial charge on any atom is -0.493 e. The first-order chi connectivity index (χ1) is 14.5. The molecule has 0 radical (unpaired) electrons. The molecular weight excluding hydrogens is 511 g/mol. The van der Waals surface area contributed by atoms with E-state index in [0.29, 0.717) is 31.1 Å². The summed E-state index contributed by atoms with van der Waals surface area (Å²) in [4.78, 5) is 21.2. The minimum absolute atomic E-state index is 0. The van der Waals surface area contributed by atoms with Gasteiger partial charge in [-0.3, -0.25) is 14.5 Å². The summed E-state index contributed by atoms with van der Waals surface area (Å²) >= 11 is 0. The third kappa shape index (κ3) is 6.25. The summed E-state index contributed by atoms with van der Waals surface area (Å²) < 4.78 is 12.4. The zero-order valence-corrected chi connectivity index (χ0v) is 20.8. The topological polar surface area (TPSA) is 84.2 Å². The number of anilines is 1. The number of aliphatic imine (C=N–C) groups is 1. The molecule has 0 atom stereocenters. The molecule has 0 saturated carbocycles. The van der Waals surface area contributed by atoms with Crippen LogP contribution in [-0.4, -0.2) is 73.5 Å². The van der Waals surface area contributed by atoms with Crippen molar-refractivity contribution >= 4 is 41.5 Å². The van der Waals surface area contributed by atoms with E-state index >= 15 is 0 Å². The maximum Gasteiger partial charge on any atom is 0.246 e. The van der Waals surface area contributed by atoms with E-state index in [-0.39, 0.29) is 36.4 Å². The molecule has 0 spiro atoms. The molecule has 1 N–H and O–H groups in total. The van der Waals surface area contributed by atoms with Crippen LogP contribution in [0.3, 0.4) is 0 Å². The van der Waals surface area contributed by atoms with Gasteiger partial charge in [0.15, 0.2) is 17.5 Å². The van der Waals surface area contributed by atoms with Gasteiger partial charge in [0.05, 0.1) is 26.1 Å². The Balaban J connectivity index is 0.00000341. The van der Waals surface area contributed by atoms with Crippen LogP contribution in [0.15, 0.2) is 35.6 Å². The fourth-order valence-electron chi connectivity index (χ4n) is 3.43. The normalized spacial score (nSPS) is 14.3. The maximum absolute atomic E-state index is 12.7. The number of nitrogens with zero attached hydrogens (tertiary/aromatic N) is 5. The molecule has 0 unspecified atom stereocenters. The number of aryl methyl sites for hydroxylation is 1. The highest BCUT2D eigenvalue weighted by molar-refractivity contribution is 14.0. The molecular formula is C21H31IN6O3. The van der Waals surface area contributed by atoms with E-state index in [4.69, 9.17) is 14.5 Å². The van der Waals surface area contributed by atoms with Crippen molar-refractivity contribution in [1.82, 2.24) is 20.0 Å². The predicted octanol–water partition coefficient (Wildman–Crippen LogP) is 1.91. The first kappa shape index (κ1) is 24.8. The fraction of sp³-hybridized carbons (Fsp3) is 0.476. The number of ether oxygens (including phenoxy) is 2. The average Bonchev–Trinajstić information content (AvgIpc) is 3.18. The lowest BCUT2D eigenvalue weighted by molar-refractivity contribution is -0.120. The predicted molar refractivity (Wildman–Crippen MR) is 132 cm³/mol. The number of aromatic nitrogens is 2. The standard InChI is InChI=1S/C21H30N6O3.HI/c1-5-22-21(23-9-8-16-6-7-18(29-3)19(12-16)30-4)26-10-11-27(20(28)15-26)17-13-24-25(2)14-17;/h6-7,12-14H,5,8-11,15H2,1-4H3,(H,22,23);1H. The third-order valence-corrected chi connectivity index (χ3v) is 4.97. The highest BCUT2D eigenvalue weighted by atomic mass is 127. The summed E-state index contributed by atoms with van der Waals surface area (Å²) in [5, 5.41) is 7.46. The Labute approximate surface area is 200 Å². The second-order valence-corrected chi connectivity index (χ2v) is 7.01. The molecule has 1 amide bonds. The number of piperazine rings is 1. The van der Waals surface area contributed by atoms with E-state index in [0.717, 1.165) is 30.2 Å². The number of carbonyl (C=O) groups is 1. The van der Waals surface area contributed by atoms with Crippen LogP contribution in [0, 0.1) is 0 Å².